The maximum absolute atomic E-state index is 2.51. The summed E-state index contributed by atoms with van der Waals surface area (Å²) in [5.74, 6) is 0. The van der Waals surface area contributed by atoms with Crippen LogP contribution in [0.5, 0.6) is 0 Å². The first-order valence-electron chi connectivity index (χ1n) is 19.3. The van der Waals surface area contributed by atoms with Crippen LogP contribution < -0.4 is 10.4 Å². The van der Waals surface area contributed by atoms with Gasteiger partial charge in [-0.3, -0.25) is 0 Å². The van der Waals surface area contributed by atoms with Crippen LogP contribution in [0.2, 0.25) is 13.1 Å². The lowest BCUT2D eigenvalue weighted by Crippen LogP contribution is -2.49. The molecule has 0 amide bonds. The van der Waals surface area contributed by atoms with Crippen LogP contribution in [-0.4, -0.2) is 8.07 Å². The average molecular weight is 705 g/mol. The minimum atomic E-state index is -1.78. The standard InChI is InChI=1S/C53H40Si/c1-53(2)46-24-11-9-21-42(46)52-43(23-14-25-47(52)53)51-40-20-8-7-19-39(40)50(35-28-30-49-44(32-35)38-18-10-12-26-48(38)54(49,3)4)41-29-27-34(31-45(41)51)37-22-13-16-33-15-5-6-17-36(33)37/h5-32H,1-4H3. The van der Waals surface area contributed by atoms with E-state index in [-0.39, 0.29) is 5.41 Å². The van der Waals surface area contributed by atoms with E-state index in [1.807, 2.05) is 0 Å². The highest BCUT2D eigenvalue weighted by Gasteiger charge is 2.38. The summed E-state index contributed by atoms with van der Waals surface area (Å²) in [5, 5.41) is 10.8. The molecule has 0 radical (unpaired) electrons. The molecular weight excluding hydrogens is 665 g/mol. The molecule has 0 N–H and O–H groups in total. The molecule has 0 bridgehead atoms. The summed E-state index contributed by atoms with van der Waals surface area (Å²) in [6.07, 6.45) is 0. The fourth-order valence-corrected chi connectivity index (χ4v) is 13.3. The molecule has 0 nitrogen and oxygen atoms in total. The van der Waals surface area contributed by atoms with Gasteiger partial charge in [0.15, 0.2) is 0 Å². The molecule has 1 heterocycles. The summed E-state index contributed by atoms with van der Waals surface area (Å²) in [5.41, 5.74) is 16.0. The van der Waals surface area contributed by atoms with E-state index in [1.165, 1.54) is 104 Å². The van der Waals surface area contributed by atoms with Crippen LogP contribution in [0.4, 0.5) is 0 Å². The molecule has 9 aromatic rings. The number of hydrogen-bond donors (Lipinski definition) is 0. The van der Waals surface area contributed by atoms with Crippen molar-refractivity contribution in [3.8, 4) is 55.6 Å². The highest BCUT2D eigenvalue weighted by atomic mass is 28.3. The predicted molar refractivity (Wildman–Crippen MR) is 235 cm³/mol. The second-order valence-electron chi connectivity index (χ2n) is 16.4. The Balaban J connectivity index is 1.27. The summed E-state index contributed by atoms with van der Waals surface area (Å²) < 4.78 is 0. The van der Waals surface area contributed by atoms with E-state index < -0.39 is 8.07 Å². The Kier molecular flexibility index (Phi) is 6.56. The van der Waals surface area contributed by atoms with E-state index in [0.29, 0.717) is 0 Å². The first-order chi connectivity index (χ1) is 26.3. The lowest BCUT2D eigenvalue weighted by molar-refractivity contribution is 0.660. The summed E-state index contributed by atoms with van der Waals surface area (Å²) in [4.78, 5) is 0. The Morgan fingerprint density at radius 1 is 0.352 bits per heavy atom. The van der Waals surface area contributed by atoms with Crippen molar-refractivity contribution in [3.05, 3.63) is 181 Å². The van der Waals surface area contributed by atoms with Crippen molar-refractivity contribution in [2.75, 3.05) is 0 Å². The minimum Gasteiger partial charge on any atom is -0.0623 e. The monoisotopic (exact) mass is 704 g/mol. The first kappa shape index (κ1) is 31.5. The molecule has 1 aliphatic heterocycles. The minimum absolute atomic E-state index is 0.0839. The number of benzene rings is 9. The van der Waals surface area contributed by atoms with Crippen molar-refractivity contribution in [2.24, 2.45) is 0 Å². The van der Waals surface area contributed by atoms with Crippen molar-refractivity contribution < 1.29 is 0 Å². The highest BCUT2D eigenvalue weighted by Crippen LogP contribution is 2.55. The van der Waals surface area contributed by atoms with Gasteiger partial charge < -0.3 is 0 Å². The Labute approximate surface area is 318 Å². The zero-order chi connectivity index (χ0) is 36.3. The maximum Gasteiger partial charge on any atom is 0.113 e. The van der Waals surface area contributed by atoms with Crippen LogP contribution in [0.25, 0.3) is 88.0 Å². The third kappa shape index (κ3) is 4.25. The SMILES string of the molecule is CC1(C)c2ccccc2-c2c(-c3c4ccccc4c(-c4ccc5c(c4)-c4ccccc4[Si]5(C)C)c4ccc(-c5cccc6ccccc56)cc34)cccc21. The molecule has 0 fully saturated rings. The van der Waals surface area contributed by atoms with Crippen molar-refractivity contribution in [1.82, 2.24) is 0 Å². The molecule has 0 spiro atoms. The second kappa shape index (κ2) is 11.2. The lowest BCUT2D eigenvalue weighted by Gasteiger charge is -2.23. The predicted octanol–water partition coefficient (Wildman–Crippen LogP) is 13.3. The first-order valence-corrected chi connectivity index (χ1v) is 22.3. The molecule has 0 atom stereocenters. The zero-order valence-electron chi connectivity index (χ0n) is 31.2. The number of fused-ring (bicyclic) bond motifs is 9. The largest absolute Gasteiger partial charge is 0.113 e. The molecule has 0 saturated heterocycles. The van der Waals surface area contributed by atoms with Crippen molar-refractivity contribution >= 4 is 50.8 Å². The van der Waals surface area contributed by atoms with E-state index in [2.05, 4.69) is 197 Å². The van der Waals surface area contributed by atoms with Crippen LogP contribution in [0.15, 0.2) is 170 Å². The van der Waals surface area contributed by atoms with Gasteiger partial charge in [-0.05, 0) is 122 Å². The summed E-state index contributed by atoms with van der Waals surface area (Å²) in [6, 6.07) is 64.5. The van der Waals surface area contributed by atoms with E-state index in [4.69, 9.17) is 0 Å². The van der Waals surface area contributed by atoms with E-state index in [1.54, 1.807) is 5.19 Å². The third-order valence-electron chi connectivity index (χ3n) is 12.9. The van der Waals surface area contributed by atoms with Crippen LogP contribution in [0.1, 0.15) is 25.0 Å². The molecule has 11 rings (SSSR count). The van der Waals surface area contributed by atoms with Crippen molar-refractivity contribution in [1.29, 1.82) is 0 Å². The highest BCUT2D eigenvalue weighted by molar-refractivity contribution is 7.03. The van der Waals surface area contributed by atoms with Gasteiger partial charge in [-0.15, -0.1) is 0 Å². The average Bonchev–Trinajstić information content (AvgIpc) is 3.59. The summed E-state index contributed by atoms with van der Waals surface area (Å²) >= 11 is 0. The molecule has 1 aliphatic carbocycles. The molecule has 1 heteroatoms. The van der Waals surface area contributed by atoms with Gasteiger partial charge >= 0.3 is 0 Å². The Bertz CT molecular complexity index is 3040. The van der Waals surface area contributed by atoms with Gasteiger partial charge in [-0.25, -0.2) is 0 Å². The normalized spacial score (nSPS) is 14.6. The smallest absolute Gasteiger partial charge is 0.0623 e. The fraction of sp³-hybridized carbons (Fsp3) is 0.0943. The maximum atomic E-state index is 2.51. The molecule has 0 unspecified atom stereocenters. The van der Waals surface area contributed by atoms with Gasteiger partial charge in [0.1, 0.15) is 8.07 Å². The summed E-state index contributed by atoms with van der Waals surface area (Å²) in [6.45, 7) is 9.78. The molecule has 256 valence electrons. The molecular formula is C53H40Si. The van der Waals surface area contributed by atoms with Crippen molar-refractivity contribution in [3.63, 3.8) is 0 Å². The van der Waals surface area contributed by atoms with Gasteiger partial charge in [-0.1, -0.05) is 185 Å². The number of rotatable bonds is 3. The van der Waals surface area contributed by atoms with Gasteiger partial charge in [0.05, 0.1) is 0 Å². The Morgan fingerprint density at radius 2 is 0.926 bits per heavy atom. The fourth-order valence-electron chi connectivity index (χ4n) is 10.3. The van der Waals surface area contributed by atoms with Gasteiger partial charge in [-0.2, -0.15) is 0 Å². The molecule has 2 aliphatic rings. The van der Waals surface area contributed by atoms with Gasteiger partial charge in [0.25, 0.3) is 0 Å². The van der Waals surface area contributed by atoms with Crippen LogP contribution in [-0.2, 0) is 5.41 Å². The van der Waals surface area contributed by atoms with Gasteiger partial charge in [0, 0.05) is 5.41 Å². The molecule has 0 aromatic heterocycles. The zero-order valence-corrected chi connectivity index (χ0v) is 32.2. The van der Waals surface area contributed by atoms with Crippen LogP contribution >= 0.6 is 0 Å². The van der Waals surface area contributed by atoms with E-state index >= 15 is 0 Å². The summed E-state index contributed by atoms with van der Waals surface area (Å²) in [7, 11) is -1.78. The lowest BCUT2D eigenvalue weighted by atomic mass is 9.80. The topological polar surface area (TPSA) is 0 Å². The molecule has 0 saturated carbocycles. The molecule has 54 heavy (non-hydrogen) atoms. The van der Waals surface area contributed by atoms with E-state index in [0.717, 1.165) is 0 Å². The number of hydrogen-bond acceptors (Lipinski definition) is 0. The Hall–Kier alpha value is -6.02. The second-order valence-corrected chi connectivity index (χ2v) is 20.7. The molecule has 9 aromatic carbocycles. The third-order valence-corrected chi connectivity index (χ3v) is 16.4. The van der Waals surface area contributed by atoms with E-state index in [9.17, 15) is 0 Å². The van der Waals surface area contributed by atoms with Gasteiger partial charge in [0.2, 0.25) is 0 Å². The quantitative estimate of drug-likeness (QED) is 0.127. The van der Waals surface area contributed by atoms with Crippen LogP contribution in [0, 0.1) is 0 Å². The van der Waals surface area contributed by atoms with Crippen molar-refractivity contribution in [2.45, 2.75) is 32.4 Å². The van der Waals surface area contributed by atoms with Crippen LogP contribution in [0.3, 0.4) is 0 Å². The Morgan fingerprint density at radius 3 is 1.78 bits per heavy atom.